The van der Waals surface area contributed by atoms with Gasteiger partial charge in [-0.25, -0.2) is 19.9 Å². The van der Waals surface area contributed by atoms with Crippen molar-refractivity contribution < 1.29 is 5.11 Å². The highest BCUT2D eigenvalue weighted by molar-refractivity contribution is 9.11. The summed E-state index contributed by atoms with van der Waals surface area (Å²) >= 11 is 6.98. The highest BCUT2D eigenvalue weighted by atomic mass is 79.9. The van der Waals surface area contributed by atoms with Crippen molar-refractivity contribution >= 4 is 82.2 Å². The quantitative estimate of drug-likeness (QED) is 0.125. The SMILES string of the molecule is Cc1cnc2c(NCCN3CCCCC3)nc3cc(-c4cccc(C(C)O)c4)sc3n12.Cc1cnc2c(NCCN3CCCCC3)nc3cc(Br)sc3n12. The van der Waals surface area contributed by atoms with Crippen LogP contribution in [0.5, 0.6) is 0 Å². The average Bonchev–Trinajstić information content (AvgIpc) is 3.98. The van der Waals surface area contributed by atoms with Gasteiger partial charge in [-0.3, -0.25) is 8.80 Å². The smallest absolute Gasteiger partial charge is 0.181 e. The normalized spacial score (nSPS) is 16.3. The molecule has 3 N–H and O–H groups in total. The molecule has 0 radical (unpaired) electrons. The van der Waals surface area contributed by atoms with E-state index >= 15 is 0 Å². The van der Waals surface area contributed by atoms with Crippen molar-refractivity contribution in [3.63, 3.8) is 0 Å². The predicted octanol–water partition coefficient (Wildman–Crippen LogP) is 8.78. The van der Waals surface area contributed by atoms with Gasteiger partial charge in [-0.2, -0.15) is 0 Å². The minimum absolute atomic E-state index is 0.481. The van der Waals surface area contributed by atoms with Crippen LogP contribution in [0.4, 0.5) is 11.6 Å². The van der Waals surface area contributed by atoms with E-state index < -0.39 is 6.10 Å². The third kappa shape index (κ3) is 8.00. The number of nitrogens with zero attached hydrogens (tertiary/aromatic N) is 8. The first-order chi connectivity index (χ1) is 26.3. The van der Waals surface area contributed by atoms with Gasteiger partial charge in [0.1, 0.15) is 20.7 Å². The zero-order chi connectivity index (χ0) is 37.2. The van der Waals surface area contributed by atoms with E-state index in [0.717, 1.165) is 101 Å². The first kappa shape index (κ1) is 37.3. The fourth-order valence-corrected chi connectivity index (χ4v) is 10.3. The Bertz CT molecular complexity index is 2370. The van der Waals surface area contributed by atoms with Crippen molar-refractivity contribution in [2.45, 2.75) is 65.4 Å². The summed E-state index contributed by atoms with van der Waals surface area (Å²) < 4.78 is 5.50. The van der Waals surface area contributed by atoms with E-state index in [9.17, 15) is 5.11 Å². The molecule has 0 spiro atoms. The molecule has 284 valence electrons. The molecular weight excluding hydrogens is 781 g/mol. The van der Waals surface area contributed by atoms with Crippen molar-refractivity contribution in [3.8, 4) is 10.4 Å². The standard InChI is InChI=1S/C24H29N5OS.C16H20BrN5S/c1-16-15-26-23-22(25-9-12-28-10-4-3-5-11-28)27-20-14-21(31-24(20)29(16)23)19-8-6-7-18(13-19)17(2)30;1-11-10-19-15-14(18-5-8-21-6-3-2-4-7-21)20-12-9-13(17)23-16(12)22(11)15/h6-8,13-15,17,30H,3-5,9-12H2,1-2H3,(H,25,27);9-10H,2-8H2,1H3,(H,18,20). The molecule has 2 saturated heterocycles. The van der Waals surface area contributed by atoms with Crippen LogP contribution in [0.3, 0.4) is 0 Å². The maximum absolute atomic E-state index is 9.96. The fourth-order valence-electron chi connectivity index (χ4n) is 7.62. The molecule has 2 aliphatic rings. The number of piperidine rings is 2. The zero-order valence-corrected chi connectivity index (χ0v) is 34.5. The summed E-state index contributed by atoms with van der Waals surface area (Å²) in [4.78, 5) is 27.4. The van der Waals surface area contributed by atoms with E-state index in [1.807, 2.05) is 24.5 Å². The predicted molar refractivity (Wildman–Crippen MR) is 228 cm³/mol. The number of fused-ring (bicyclic) bond motifs is 6. The second-order valence-electron chi connectivity index (χ2n) is 14.5. The molecule has 0 amide bonds. The van der Waals surface area contributed by atoms with Gasteiger partial charge in [0.15, 0.2) is 22.9 Å². The number of halogens is 1. The number of hydrogen-bond acceptors (Lipinski definition) is 11. The van der Waals surface area contributed by atoms with Gasteiger partial charge < -0.3 is 25.5 Å². The van der Waals surface area contributed by atoms with Crippen LogP contribution in [-0.2, 0) is 0 Å². The third-order valence-electron chi connectivity index (χ3n) is 10.5. The lowest BCUT2D eigenvalue weighted by Crippen LogP contribution is -2.33. The molecule has 9 rings (SSSR count). The third-order valence-corrected chi connectivity index (χ3v) is 13.3. The Morgan fingerprint density at radius 1 is 0.741 bits per heavy atom. The summed E-state index contributed by atoms with van der Waals surface area (Å²) in [5, 5.41) is 17.0. The number of imidazole rings is 2. The molecule has 14 heteroatoms. The number of aliphatic hydroxyl groups excluding tert-OH is 1. The van der Waals surface area contributed by atoms with Crippen LogP contribution in [0.25, 0.3) is 42.4 Å². The summed E-state index contributed by atoms with van der Waals surface area (Å²) in [6, 6.07) is 12.3. The first-order valence-corrected chi connectivity index (χ1v) is 21.7. The highest BCUT2D eigenvalue weighted by Gasteiger charge is 2.18. The van der Waals surface area contributed by atoms with Crippen molar-refractivity contribution in [3.05, 3.63) is 69.5 Å². The van der Waals surface area contributed by atoms with Crippen LogP contribution in [-0.4, -0.2) is 96.0 Å². The molecule has 7 aromatic rings. The fraction of sp³-hybridized carbons (Fsp3) is 0.450. The van der Waals surface area contributed by atoms with Gasteiger partial charge in [-0.05, 0) is 118 Å². The molecule has 0 bridgehead atoms. The Labute approximate surface area is 332 Å². The number of benzene rings is 1. The van der Waals surface area contributed by atoms with E-state index in [1.54, 1.807) is 29.6 Å². The van der Waals surface area contributed by atoms with Crippen molar-refractivity contribution in [2.75, 3.05) is 63.0 Å². The molecule has 1 atom stereocenters. The van der Waals surface area contributed by atoms with Crippen LogP contribution in [0.1, 0.15) is 68.5 Å². The lowest BCUT2D eigenvalue weighted by molar-refractivity contribution is 0.199. The molecule has 0 aliphatic carbocycles. The van der Waals surface area contributed by atoms with Crippen LogP contribution in [0, 0.1) is 13.8 Å². The van der Waals surface area contributed by atoms with Crippen LogP contribution >= 0.6 is 38.6 Å². The monoisotopic (exact) mass is 828 g/mol. The van der Waals surface area contributed by atoms with E-state index in [4.69, 9.17) is 9.97 Å². The van der Waals surface area contributed by atoms with E-state index in [2.05, 4.69) is 93.2 Å². The lowest BCUT2D eigenvalue weighted by atomic mass is 10.1. The summed E-state index contributed by atoms with van der Waals surface area (Å²) in [5.41, 5.74) is 8.05. The molecule has 8 heterocycles. The van der Waals surface area contributed by atoms with Gasteiger partial charge in [-0.15, -0.1) is 22.7 Å². The molecule has 2 fully saturated rings. The van der Waals surface area contributed by atoms with Crippen molar-refractivity contribution in [1.82, 2.24) is 38.5 Å². The van der Waals surface area contributed by atoms with Gasteiger partial charge in [-0.1, -0.05) is 31.0 Å². The number of anilines is 2. The second-order valence-corrected chi connectivity index (χ2v) is 18.0. The van der Waals surface area contributed by atoms with E-state index in [1.165, 1.54) is 64.7 Å². The van der Waals surface area contributed by atoms with Gasteiger partial charge in [0.25, 0.3) is 0 Å². The van der Waals surface area contributed by atoms with Gasteiger partial charge in [0, 0.05) is 54.8 Å². The van der Waals surface area contributed by atoms with Crippen LogP contribution < -0.4 is 10.6 Å². The van der Waals surface area contributed by atoms with E-state index in [-0.39, 0.29) is 0 Å². The van der Waals surface area contributed by atoms with E-state index in [0.29, 0.717) is 0 Å². The molecular formula is C40H49BrN10OS2. The summed E-state index contributed by atoms with van der Waals surface area (Å²) in [7, 11) is 0. The number of thiophene rings is 2. The molecule has 2 aliphatic heterocycles. The number of hydrogen-bond donors (Lipinski definition) is 3. The Balaban J connectivity index is 0.000000160. The molecule has 54 heavy (non-hydrogen) atoms. The Morgan fingerprint density at radius 3 is 1.83 bits per heavy atom. The summed E-state index contributed by atoms with van der Waals surface area (Å²) in [6.45, 7) is 14.7. The zero-order valence-electron chi connectivity index (χ0n) is 31.3. The molecule has 0 saturated carbocycles. The summed E-state index contributed by atoms with van der Waals surface area (Å²) in [6.07, 6.45) is 11.4. The molecule has 6 aromatic heterocycles. The van der Waals surface area contributed by atoms with Crippen LogP contribution in [0.15, 0.2) is 52.6 Å². The minimum Gasteiger partial charge on any atom is -0.389 e. The second kappa shape index (κ2) is 16.6. The Kier molecular flexibility index (Phi) is 11.5. The van der Waals surface area contributed by atoms with Gasteiger partial charge in [0.2, 0.25) is 0 Å². The summed E-state index contributed by atoms with van der Waals surface area (Å²) in [5.74, 6) is 1.73. The van der Waals surface area contributed by atoms with Crippen LogP contribution in [0.2, 0.25) is 0 Å². The topological polar surface area (TPSA) is 111 Å². The first-order valence-electron chi connectivity index (χ1n) is 19.2. The van der Waals surface area contributed by atoms with Crippen molar-refractivity contribution in [1.29, 1.82) is 0 Å². The number of likely N-dealkylation sites (tertiary alicyclic amines) is 2. The number of nitrogens with one attached hydrogen (secondary N) is 2. The highest BCUT2D eigenvalue weighted by Crippen LogP contribution is 2.36. The maximum Gasteiger partial charge on any atom is 0.181 e. The Morgan fingerprint density at radius 2 is 1.28 bits per heavy atom. The number of rotatable bonds is 10. The van der Waals surface area contributed by atoms with Crippen molar-refractivity contribution in [2.24, 2.45) is 0 Å². The number of aryl methyl sites for hydroxylation is 2. The average molecular weight is 830 g/mol. The Hall–Kier alpha value is -3.66. The van der Waals surface area contributed by atoms with Gasteiger partial charge >= 0.3 is 0 Å². The number of aromatic nitrogens is 6. The lowest BCUT2D eigenvalue weighted by Gasteiger charge is -2.26. The molecule has 1 unspecified atom stereocenters. The minimum atomic E-state index is -0.481. The maximum atomic E-state index is 9.96. The molecule has 1 aromatic carbocycles. The number of aliphatic hydroxyl groups is 1. The van der Waals surface area contributed by atoms with Gasteiger partial charge in [0.05, 0.1) is 9.89 Å². The molecule has 11 nitrogen and oxygen atoms in total. The largest absolute Gasteiger partial charge is 0.389 e.